The summed E-state index contributed by atoms with van der Waals surface area (Å²) in [4.78, 5) is 3.87. The Morgan fingerprint density at radius 2 is 1.07 bits per heavy atom. The monoisotopic (exact) mass is 566 g/mol. The van der Waals surface area contributed by atoms with Crippen LogP contribution in [0.3, 0.4) is 0 Å². The van der Waals surface area contributed by atoms with Gasteiger partial charge in [-0.2, -0.15) is 0 Å². The van der Waals surface area contributed by atoms with Gasteiger partial charge in [0.15, 0.2) is 0 Å². The van der Waals surface area contributed by atoms with Gasteiger partial charge in [0.2, 0.25) is 0 Å². The van der Waals surface area contributed by atoms with Crippen molar-refractivity contribution in [2.75, 3.05) is 16.0 Å². The summed E-state index contributed by atoms with van der Waals surface area (Å²) < 4.78 is 0. The van der Waals surface area contributed by atoms with Crippen molar-refractivity contribution in [1.29, 1.82) is 0 Å². The predicted octanol–water partition coefficient (Wildman–Crippen LogP) is 10.6. The SMILES string of the molecule is CC1=CC(C)(c2[nH]c3ccc(C)cc3c2Nc2ccc(C)cc2)CC(Nc2ccc(C)cc2)=C(Nc2ccc(C)cc2)C1. The molecule has 43 heavy (non-hydrogen) atoms. The maximum atomic E-state index is 3.87. The van der Waals surface area contributed by atoms with Crippen molar-refractivity contribution in [3.63, 3.8) is 0 Å². The van der Waals surface area contributed by atoms with Gasteiger partial charge in [0.1, 0.15) is 0 Å². The molecule has 6 rings (SSSR count). The first-order valence-corrected chi connectivity index (χ1v) is 15.2. The largest absolute Gasteiger partial charge is 0.357 e. The minimum absolute atomic E-state index is 0.312. The summed E-state index contributed by atoms with van der Waals surface area (Å²) >= 11 is 0. The van der Waals surface area contributed by atoms with Crippen LogP contribution in [-0.4, -0.2) is 4.98 Å². The Hall–Kier alpha value is -4.70. The molecule has 0 saturated heterocycles. The molecule has 0 bridgehead atoms. The highest BCUT2D eigenvalue weighted by atomic mass is 15.0. The molecule has 5 aromatic rings. The van der Waals surface area contributed by atoms with Gasteiger partial charge in [0, 0.05) is 63.3 Å². The lowest BCUT2D eigenvalue weighted by Crippen LogP contribution is -2.24. The van der Waals surface area contributed by atoms with Crippen molar-refractivity contribution in [2.24, 2.45) is 0 Å². The predicted molar refractivity (Wildman–Crippen MR) is 184 cm³/mol. The van der Waals surface area contributed by atoms with Crippen molar-refractivity contribution in [3.8, 4) is 0 Å². The van der Waals surface area contributed by atoms with Crippen LogP contribution in [0.2, 0.25) is 0 Å². The van der Waals surface area contributed by atoms with Crippen molar-refractivity contribution >= 4 is 33.7 Å². The van der Waals surface area contributed by atoms with E-state index in [0.717, 1.165) is 41.1 Å². The topological polar surface area (TPSA) is 51.9 Å². The molecule has 0 saturated carbocycles. The fourth-order valence-corrected chi connectivity index (χ4v) is 6.17. The molecule has 0 fully saturated rings. The number of fused-ring (bicyclic) bond motifs is 1. The van der Waals surface area contributed by atoms with Crippen LogP contribution < -0.4 is 16.0 Å². The van der Waals surface area contributed by atoms with E-state index in [9.17, 15) is 0 Å². The van der Waals surface area contributed by atoms with Crippen LogP contribution in [0, 0.1) is 27.7 Å². The average molecular weight is 567 g/mol. The molecule has 1 aliphatic rings. The lowest BCUT2D eigenvalue weighted by atomic mass is 9.80. The van der Waals surface area contributed by atoms with E-state index in [2.05, 4.69) is 160 Å². The number of allylic oxidation sites excluding steroid dienone is 3. The molecule has 4 N–H and O–H groups in total. The number of anilines is 4. The van der Waals surface area contributed by atoms with E-state index in [0.29, 0.717) is 0 Å². The highest BCUT2D eigenvalue weighted by Gasteiger charge is 2.34. The number of rotatable bonds is 7. The first-order chi connectivity index (χ1) is 20.6. The summed E-state index contributed by atoms with van der Waals surface area (Å²) in [6.07, 6.45) is 4.09. The van der Waals surface area contributed by atoms with Gasteiger partial charge in [-0.05, 0) is 83.1 Å². The van der Waals surface area contributed by atoms with Gasteiger partial charge in [-0.25, -0.2) is 0 Å². The lowest BCUT2D eigenvalue weighted by molar-refractivity contribution is 0.575. The third kappa shape index (κ3) is 6.24. The van der Waals surface area contributed by atoms with E-state index < -0.39 is 0 Å². The van der Waals surface area contributed by atoms with Crippen LogP contribution in [0.5, 0.6) is 0 Å². The van der Waals surface area contributed by atoms with Crippen LogP contribution in [0.4, 0.5) is 22.7 Å². The fraction of sp³-hybridized carbons (Fsp3) is 0.231. The number of nitrogens with one attached hydrogen (secondary N) is 4. The number of aromatic nitrogens is 1. The molecular formula is C39H42N4. The maximum absolute atomic E-state index is 3.87. The summed E-state index contributed by atoms with van der Waals surface area (Å²) in [5, 5.41) is 12.7. The number of aryl methyl sites for hydroxylation is 4. The first-order valence-electron chi connectivity index (χ1n) is 15.2. The molecule has 1 aromatic heterocycles. The van der Waals surface area contributed by atoms with Crippen LogP contribution >= 0.6 is 0 Å². The Morgan fingerprint density at radius 3 is 1.63 bits per heavy atom. The van der Waals surface area contributed by atoms with E-state index in [-0.39, 0.29) is 5.41 Å². The first kappa shape index (κ1) is 28.4. The standard InChI is InChI=1S/C39H42N4/c1-25-7-14-30(15-8-25)40-35-22-29(5)23-39(6,24-36(35)41-31-16-9-26(2)10-17-31)38-37(42-32-18-11-27(3)12-19-32)33-21-28(4)13-20-34(33)43-38/h7-21,23,40-43H,22,24H2,1-6H3. The second-order valence-corrected chi connectivity index (χ2v) is 12.6. The van der Waals surface area contributed by atoms with Crippen LogP contribution in [0.1, 0.15) is 54.6 Å². The minimum Gasteiger partial charge on any atom is -0.357 e. The normalized spacial score (nSPS) is 17.0. The number of hydrogen-bond acceptors (Lipinski definition) is 3. The average Bonchev–Trinajstić information content (AvgIpc) is 3.28. The molecule has 4 heteroatoms. The molecule has 1 atom stereocenters. The molecule has 1 aliphatic carbocycles. The van der Waals surface area contributed by atoms with Crippen molar-refractivity contribution in [2.45, 2.75) is 59.8 Å². The number of benzene rings is 4. The maximum Gasteiger partial charge on any atom is 0.0684 e. The Morgan fingerprint density at radius 1 is 0.581 bits per heavy atom. The summed E-state index contributed by atoms with van der Waals surface area (Å²) in [7, 11) is 0. The van der Waals surface area contributed by atoms with Gasteiger partial charge in [0.25, 0.3) is 0 Å². The Labute approximate surface area is 256 Å². The van der Waals surface area contributed by atoms with Gasteiger partial charge in [-0.1, -0.05) is 83.3 Å². The summed E-state index contributed by atoms with van der Waals surface area (Å²) in [6, 6.07) is 32.7. The van der Waals surface area contributed by atoms with Crippen molar-refractivity contribution in [3.05, 3.63) is 142 Å². The number of aromatic amines is 1. The highest BCUT2D eigenvalue weighted by molar-refractivity contribution is 5.97. The van der Waals surface area contributed by atoms with Crippen LogP contribution in [0.15, 0.2) is 114 Å². The molecule has 4 aromatic carbocycles. The van der Waals surface area contributed by atoms with Crippen molar-refractivity contribution < 1.29 is 0 Å². The fourth-order valence-electron chi connectivity index (χ4n) is 6.17. The molecular weight excluding hydrogens is 524 g/mol. The second-order valence-electron chi connectivity index (χ2n) is 12.6. The van der Waals surface area contributed by atoms with Gasteiger partial charge < -0.3 is 20.9 Å². The molecule has 4 nitrogen and oxygen atoms in total. The molecule has 218 valence electrons. The lowest BCUT2D eigenvalue weighted by Gasteiger charge is -2.29. The second kappa shape index (κ2) is 11.5. The van der Waals surface area contributed by atoms with E-state index in [1.807, 2.05) is 0 Å². The molecule has 0 amide bonds. The number of H-pyrrole nitrogens is 1. The Balaban J connectivity index is 1.48. The van der Waals surface area contributed by atoms with Gasteiger partial charge >= 0.3 is 0 Å². The smallest absolute Gasteiger partial charge is 0.0684 e. The van der Waals surface area contributed by atoms with Gasteiger partial charge in [0.05, 0.1) is 5.69 Å². The molecule has 0 radical (unpaired) electrons. The summed E-state index contributed by atoms with van der Waals surface area (Å²) in [6.45, 7) is 13.2. The number of hydrogen-bond donors (Lipinski definition) is 4. The van der Waals surface area contributed by atoms with E-state index in [1.54, 1.807) is 0 Å². The van der Waals surface area contributed by atoms with Gasteiger partial charge in [-0.15, -0.1) is 0 Å². The Kier molecular flexibility index (Phi) is 7.62. The summed E-state index contributed by atoms with van der Waals surface area (Å²) in [5.74, 6) is 0. The third-order valence-electron chi connectivity index (χ3n) is 8.47. The minimum atomic E-state index is -0.312. The van der Waals surface area contributed by atoms with E-state index in [4.69, 9.17) is 0 Å². The van der Waals surface area contributed by atoms with E-state index in [1.165, 1.54) is 50.3 Å². The van der Waals surface area contributed by atoms with E-state index >= 15 is 0 Å². The Bertz CT molecular complexity index is 1820. The quantitative estimate of drug-likeness (QED) is 0.148. The zero-order valence-electron chi connectivity index (χ0n) is 26.2. The molecule has 1 unspecified atom stereocenters. The zero-order valence-corrected chi connectivity index (χ0v) is 26.2. The molecule has 0 aliphatic heterocycles. The van der Waals surface area contributed by atoms with Gasteiger partial charge in [-0.3, -0.25) is 0 Å². The van der Waals surface area contributed by atoms with Crippen molar-refractivity contribution in [1.82, 2.24) is 4.98 Å². The molecule has 1 heterocycles. The van der Waals surface area contributed by atoms with Crippen LogP contribution in [0.25, 0.3) is 10.9 Å². The third-order valence-corrected chi connectivity index (χ3v) is 8.47. The zero-order chi connectivity index (χ0) is 30.1. The van der Waals surface area contributed by atoms with Crippen LogP contribution in [-0.2, 0) is 5.41 Å². The molecule has 0 spiro atoms. The highest BCUT2D eigenvalue weighted by Crippen LogP contribution is 2.45. The summed E-state index contributed by atoms with van der Waals surface area (Å²) in [5.41, 5.74) is 15.1.